The third kappa shape index (κ3) is 4.74. The minimum atomic E-state index is 0.638. The Morgan fingerprint density at radius 2 is 2.50 bits per heavy atom. The molecule has 1 atom stereocenters. The van der Waals surface area contributed by atoms with Crippen molar-refractivity contribution in [3.8, 4) is 0 Å². The highest BCUT2D eigenvalue weighted by Crippen LogP contribution is 2.15. The van der Waals surface area contributed by atoms with Gasteiger partial charge in [0.05, 0.1) is 13.2 Å². The fourth-order valence-corrected chi connectivity index (χ4v) is 1.61. The van der Waals surface area contributed by atoms with E-state index < -0.39 is 0 Å². The SMILES string of the molecule is COCCNCC(C)=CC1CCOC1. The molecule has 0 radical (unpaired) electrons. The summed E-state index contributed by atoms with van der Waals surface area (Å²) >= 11 is 0. The summed E-state index contributed by atoms with van der Waals surface area (Å²) in [6.07, 6.45) is 3.50. The van der Waals surface area contributed by atoms with Crippen molar-refractivity contribution in [2.45, 2.75) is 13.3 Å². The topological polar surface area (TPSA) is 30.5 Å². The van der Waals surface area contributed by atoms with Crippen LogP contribution in [-0.2, 0) is 9.47 Å². The molecular formula is C11H21NO2. The van der Waals surface area contributed by atoms with E-state index >= 15 is 0 Å². The Hall–Kier alpha value is -0.380. The molecule has 0 spiro atoms. The first-order chi connectivity index (χ1) is 6.83. The van der Waals surface area contributed by atoms with Crippen molar-refractivity contribution in [3.63, 3.8) is 0 Å². The van der Waals surface area contributed by atoms with Crippen LogP contribution >= 0.6 is 0 Å². The molecule has 1 N–H and O–H groups in total. The Morgan fingerprint density at radius 3 is 3.14 bits per heavy atom. The lowest BCUT2D eigenvalue weighted by Gasteiger charge is -2.06. The Balaban J connectivity index is 2.09. The lowest BCUT2D eigenvalue weighted by atomic mass is 10.1. The van der Waals surface area contributed by atoms with E-state index in [1.165, 1.54) is 12.0 Å². The Morgan fingerprint density at radius 1 is 1.64 bits per heavy atom. The number of nitrogens with one attached hydrogen (secondary N) is 1. The van der Waals surface area contributed by atoms with Gasteiger partial charge in [-0.3, -0.25) is 0 Å². The van der Waals surface area contributed by atoms with Gasteiger partial charge >= 0.3 is 0 Å². The molecule has 0 bridgehead atoms. The zero-order valence-corrected chi connectivity index (χ0v) is 9.21. The van der Waals surface area contributed by atoms with Crippen molar-refractivity contribution in [2.24, 2.45) is 5.92 Å². The van der Waals surface area contributed by atoms with Crippen LogP contribution in [0.3, 0.4) is 0 Å². The molecule has 0 aromatic heterocycles. The molecule has 0 aliphatic carbocycles. The highest BCUT2D eigenvalue weighted by molar-refractivity contribution is 5.03. The molecule has 3 nitrogen and oxygen atoms in total. The second kappa shape index (κ2) is 6.98. The maximum Gasteiger partial charge on any atom is 0.0587 e. The summed E-state index contributed by atoms with van der Waals surface area (Å²) in [4.78, 5) is 0. The van der Waals surface area contributed by atoms with E-state index in [1.807, 2.05) is 0 Å². The van der Waals surface area contributed by atoms with Crippen LogP contribution < -0.4 is 5.32 Å². The van der Waals surface area contributed by atoms with Gasteiger partial charge in [-0.1, -0.05) is 11.6 Å². The second-order valence-electron chi connectivity index (χ2n) is 3.81. The van der Waals surface area contributed by atoms with E-state index in [4.69, 9.17) is 9.47 Å². The van der Waals surface area contributed by atoms with Crippen molar-refractivity contribution in [1.29, 1.82) is 0 Å². The molecule has 0 aromatic rings. The molecule has 1 heterocycles. The minimum Gasteiger partial charge on any atom is -0.383 e. The Bertz CT molecular complexity index is 174. The maximum atomic E-state index is 5.32. The number of methoxy groups -OCH3 is 1. The predicted molar refractivity (Wildman–Crippen MR) is 57.4 cm³/mol. The lowest BCUT2D eigenvalue weighted by molar-refractivity contribution is 0.191. The first kappa shape index (κ1) is 11.7. The van der Waals surface area contributed by atoms with Crippen LogP contribution in [0.4, 0.5) is 0 Å². The van der Waals surface area contributed by atoms with E-state index in [0.29, 0.717) is 5.92 Å². The zero-order valence-electron chi connectivity index (χ0n) is 9.21. The van der Waals surface area contributed by atoms with Crippen LogP contribution in [0.25, 0.3) is 0 Å². The summed E-state index contributed by atoms with van der Waals surface area (Å²) in [7, 11) is 1.72. The first-order valence-electron chi connectivity index (χ1n) is 5.27. The molecule has 1 aliphatic rings. The number of rotatable bonds is 6. The monoisotopic (exact) mass is 199 g/mol. The van der Waals surface area contributed by atoms with Crippen LogP contribution in [0.1, 0.15) is 13.3 Å². The van der Waals surface area contributed by atoms with Gasteiger partial charge in [0.2, 0.25) is 0 Å². The molecule has 1 rings (SSSR count). The van der Waals surface area contributed by atoms with Crippen LogP contribution in [0.2, 0.25) is 0 Å². The van der Waals surface area contributed by atoms with Crippen molar-refractivity contribution >= 4 is 0 Å². The van der Waals surface area contributed by atoms with Gasteiger partial charge in [0.25, 0.3) is 0 Å². The molecular weight excluding hydrogens is 178 g/mol. The number of hydrogen-bond acceptors (Lipinski definition) is 3. The van der Waals surface area contributed by atoms with E-state index in [0.717, 1.165) is 32.9 Å². The molecule has 0 saturated carbocycles. The minimum absolute atomic E-state index is 0.638. The summed E-state index contributed by atoms with van der Waals surface area (Å²) in [6.45, 7) is 6.64. The Kier molecular flexibility index (Phi) is 5.83. The molecule has 82 valence electrons. The fourth-order valence-electron chi connectivity index (χ4n) is 1.61. The quantitative estimate of drug-likeness (QED) is 0.515. The van der Waals surface area contributed by atoms with Gasteiger partial charge in [0, 0.05) is 32.7 Å². The van der Waals surface area contributed by atoms with Gasteiger partial charge in [0.1, 0.15) is 0 Å². The van der Waals surface area contributed by atoms with Gasteiger partial charge in [-0.05, 0) is 13.3 Å². The van der Waals surface area contributed by atoms with Crippen molar-refractivity contribution in [2.75, 3.05) is 40.0 Å². The van der Waals surface area contributed by atoms with Crippen molar-refractivity contribution in [3.05, 3.63) is 11.6 Å². The molecule has 3 heteroatoms. The predicted octanol–water partition coefficient (Wildman–Crippen LogP) is 1.21. The zero-order chi connectivity index (χ0) is 10.2. The van der Waals surface area contributed by atoms with Crippen LogP contribution in [0.5, 0.6) is 0 Å². The van der Waals surface area contributed by atoms with Crippen LogP contribution in [0.15, 0.2) is 11.6 Å². The number of hydrogen-bond donors (Lipinski definition) is 1. The summed E-state index contributed by atoms with van der Waals surface area (Å²) in [5.74, 6) is 0.638. The van der Waals surface area contributed by atoms with Gasteiger partial charge in [-0.15, -0.1) is 0 Å². The van der Waals surface area contributed by atoms with Crippen LogP contribution in [-0.4, -0.2) is 40.0 Å². The average Bonchev–Trinajstić information content (AvgIpc) is 2.65. The highest BCUT2D eigenvalue weighted by Gasteiger charge is 2.12. The van der Waals surface area contributed by atoms with Crippen LogP contribution in [0, 0.1) is 5.92 Å². The van der Waals surface area contributed by atoms with E-state index in [-0.39, 0.29) is 0 Å². The number of ether oxygens (including phenoxy) is 2. The lowest BCUT2D eigenvalue weighted by Crippen LogP contribution is -2.21. The fraction of sp³-hybridized carbons (Fsp3) is 0.818. The Labute approximate surface area is 86.5 Å². The first-order valence-corrected chi connectivity index (χ1v) is 5.27. The van der Waals surface area contributed by atoms with E-state index in [9.17, 15) is 0 Å². The molecule has 1 fully saturated rings. The third-order valence-corrected chi connectivity index (χ3v) is 2.37. The highest BCUT2D eigenvalue weighted by atomic mass is 16.5. The summed E-state index contributed by atoms with van der Waals surface area (Å²) in [6, 6.07) is 0. The summed E-state index contributed by atoms with van der Waals surface area (Å²) in [5, 5.41) is 3.33. The summed E-state index contributed by atoms with van der Waals surface area (Å²) < 4.78 is 10.3. The summed E-state index contributed by atoms with van der Waals surface area (Å²) in [5.41, 5.74) is 1.40. The van der Waals surface area contributed by atoms with E-state index in [2.05, 4.69) is 18.3 Å². The second-order valence-corrected chi connectivity index (χ2v) is 3.81. The normalized spacial score (nSPS) is 23.0. The van der Waals surface area contributed by atoms with Gasteiger partial charge in [-0.25, -0.2) is 0 Å². The van der Waals surface area contributed by atoms with E-state index in [1.54, 1.807) is 7.11 Å². The average molecular weight is 199 g/mol. The molecule has 0 aromatic carbocycles. The molecule has 14 heavy (non-hydrogen) atoms. The molecule has 1 saturated heterocycles. The van der Waals surface area contributed by atoms with Gasteiger partial charge in [-0.2, -0.15) is 0 Å². The molecule has 1 aliphatic heterocycles. The molecule has 1 unspecified atom stereocenters. The van der Waals surface area contributed by atoms with Gasteiger partial charge in [0.15, 0.2) is 0 Å². The largest absolute Gasteiger partial charge is 0.383 e. The standard InChI is InChI=1S/C11H21NO2/c1-10(8-12-4-6-13-2)7-11-3-5-14-9-11/h7,11-12H,3-6,8-9H2,1-2H3. The smallest absolute Gasteiger partial charge is 0.0587 e. The molecule has 0 amide bonds. The maximum absolute atomic E-state index is 5.32. The van der Waals surface area contributed by atoms with Crippen molar-refractivity contribution < 1.29 is 9.47 Å². The van der Waals surface area contributed by atoms with Crippen molar-refractivity contribution in [1.82, 2.24) is 5.32 Å². The van der Waals surface area contributed by atoms with Gasteiger partial charge < -0.3 is 14.8 Å². The third-order valence-electron chi connectivity index (χ3n) is 2.37.